The highest BCUT2D eigenvalue weighted by Crippen LogP contribution is 2.53. The Morgan fingerprint density at radius 1 is 1.04 bits per heavy atom. The first-order chi connectivity index (χ1) is 11.3. The molecule has 0 aromatic heterocycles. The molecule has 25 heavy (non-hydrogen) atoms. The zero-order valence-corrected chi connectivity index (χ0v) is 16.6. The SMILES string of the molecule is C=CC(COC(=O)C(C)(C)C)P(=O)(OCO)OCOC(=O)C(C)(C)C. The Labute approximate surface area is 149 Å². The average Bonchev–Trinajstić information content (AvgIpc) is 2.45. The van der Waals surface area contributed by atoms with Gasteiger partial charge in [0.15, 0.2) is 6.79 Å². The van der Waals surface area contributed by atoms with Gasteiger partial charge in [0.2, 0.25) is 6.79 Å². The molecule has 1 N–H and O–H groups in total. The summed E-state index contributed by atoms with van der Waals surface area (Å²) in [6.07, 6.45) is 1.23. The molecule has 2 atom stereocenters. The highest BCUT2D eigenvalue weighted by molar-refractivity contribution is 7.54. The molecule has 0 aliphatic heterocycles. The summed E-state index contributed by atoms with van der Waals surface area (Å²) >= 11 is 0. The Morgan fingerprint density at radius 2 is 1.52 bits per heavy atom. The van der Waals surface area contributed by atoms with Gasteiger partial charge >= 0.3 is 19.5 Å². The highest BCUT2D eigenvalue weighted by Gasteiger charge is 2.37. The maximum atomic E-state index is 12.8. The fourth-order valence-electron chi connectivity index (χ4n) is 1.35. The molecule has 0 aliphatic carbocycles. The van der Waals surface area contributed by atoms with Gasteiger partial charge in [0.05, 0.1) is 10.8 Å². The van der Waals surface area contributed by atoms with Crippen LogP contribution in [-0.4, -0.2) is 42.9 Å². The Hall–Kier alpha value is -1.21. The number of aliphatic hydroxyl groups excluding tert-OH is 1. The second-order valence-electron chi connectivity index (χ2n) is 7.38. The quantitative estimate of drug-likeness (QED) is 0.281. The van der Waals surface area contributed by atoms with Gasteiger partial charge in [0.25, 0.3) is 0 Å². The van der Waals surface area contributed by atoms with Crippen molar-refractivity contribution >= 4 is 19.5 Å². The molecule has 0 aliphatic rings. The van der Waals surface area contributed by atoms with E-state index in [-0.39, 0.29) is 6.61 Å². The first-order valence-electron chi connectivity index (χ1n) is 7.74. The molecular weight excluding hydrogens is 351 g/mol. The van der Waals surface area contributed by atoms with E-state index in [9.17, 15) is 14.2 Å². The minimum atomic E-state index is -3.97. The fourth-order valence-corrected chi connectivity index (χ4v) is 2.68. The molecule has 0 fully saturated rings. The second-order valence-corrected chi connectivity index (χ2v) is 9.64. The van der Waals surface area contributed by atoms with Crippen LogP contribution in [0.25, 0.3) is 0 Å². The summed E-state index contributed by atoms with van der Waals surface area (Å²) in [5.74, 6) is -1.06. The molecule has 0 rings (SSSR count). The number of rotatable bonds is 9. The third-order valence-corrected chi connectivity index (χ3v) is 5.06. The van der Waals surface area contributed by atoms with E-state index < -0.39 is 49.6 Å². The van der Waals surface area contributed by atoms with E-state index in [1.165, 1.54) is 6.08 Å². The Bertz CT molecular complexity index is 515. The fraction of sp³-hybridized carbons (Fsp3) is 0.750. The number of carbonyl (C=O) groups is 2. The molecule has 0 spiro atoms. The Morgan fingerprint density at radius 3 is 1.92 bits per heavy atom. The van der Waals surface area contributed by atoms with Crippen LogP contribution in [0.1, 0.15) is 41.5 Å². The number of esters is 2. The van der Waals surface area contributed by atoms with Crippen LogP contribution >= 0.6 is 7.60 Å². The van der Waals surface area contributed by atoms with E-state index in [1.54, 1.807) is 41.5 Å². The summed E-state index contributed by atoms with van der Waals surface area (Å²) in [4.78, 5) is 23.5. The van der Waals surface area contributed by atoms with Gasteiger partial charge in [0, 0.05) is 0 Å². The largest absolute Gasteiger partial charge is 0.464 e. The third-order valence-electron chi connectivity index (χ3n) is 2.95. The summed E-state index contributed by atoms with van der Waals surface area (Å²) in [5, 5.41) is 8.97. The van der Waals surface area contributed by atoms with Crippen molar-refractivity contribution in [3.63, 3.8) is 0 Å². The molecule has 0 saturated carbocycles. The van der Waals surface area contributed by atoms with Gasteiger partial charge in [-0.1, -0.05) is 6.08 Å². The van der Waals surface area contributed by atoms with Crippen molar-refractivity contribution < 1.29 is 37.8 Å². The zero-order chi connectivity index (χ0) is 19.9. The summed E-state index contributed by atoms with van der Waals surface area (Å²) in [7, 11) is -3.97. The molecule has 0 amide bonds. The number of ether oxygens (including phenoxy) is 2. The van der Waals surface area contributed by atoms with E-state index in [0.29, 0.717) is 0 Å². The van der Waals surface area contributed by atoms with Crippen molar-refractivity contribution in [3.8, 4) is 0 Å². The van der Waals surface area contributed by atoms with Gasteiger partial charge in [0.1, 0.15) is 12.3 Å². The molecule has 0 aromatic carbocycles. The first kappa shape index (κ1) is 23.8. The molecule has 0 aromatic rings. The van der Waals surface area contributed by atoms with Gasteiger partial charge in [-0.05, 0) is 41.5 Å². The molecule has 146 valence electrons. The molecule has 0 saturated heterocycles. The van der Waals surface area contributed by atoms with E-state index >= 15 is 0 Å². The van der Waals surface area contributed by atoms with Crippen LogP contribution in [0.15, 0.2) is 12.7 Å². The van der Waals surface area contributed by atoms with Crippen LogP contribution in [0.3, 0.4) is 0 Å². The van der Waals surface area contributed by atoms with E-state index in [4.69, 9.17) is 23.6 Å². The van der Waals surface area contributed by atoms with Gasteiger partial charge in [-0.2, -0.15) is 0 Å². The van der Waals surface area contributed by atoms with Crippen molar-refractivity contribution in [1.82, 2.24) is 0 Å². The highest BCUT2D eigenvalue weighted by atomic mass is 31.2. The number of hydrogen-bond acceptors (Lipinski definition) is 8. The van der Waals surface area contributed by atoms with Gasteiger partial charge in [-0.25, -0.2) is 0 Å². The molecule has 8 nitrogen and oxygen atoms in total. The van der Waals surface area contributed by atoms with E-state index in [0.717, 1.165) is 0 Å². The Balaban J connectivity index is 4.94. The summed E-state index contributed by atoms with van der Waals surface area (Å²) < 4.78 is 32.6. The molecule has 9 heteroatoms. The number of carbonyl (C=O) groups excluding carboxylic acids is 2. The van der Waals surface area contributed by atoms with Crippen LogP contribution in [-0.2, 0) is 32.7 Å². The standard InChI is InChI=1S/C16H29O8P/c1-8-12(9-21-13(18)15(2,3)4)25(20,23-10-17)24-11-22-14(19)16(5,6)7/h8,12,17H,1,9-11H2,2-7H3. The summed E-state index contributed by atoms with van der Waals surface area (Å²) in [6.45, 7) is 11.6. The molecule has 2 unspecified atom stereocenters. The predicted molar refractivity (Wildman–Crippen MR) is 91.7 cm³/mol. The maximum Gasteiger partial charge on any atom is 0.345 e. The van der Waals surface area contributed by atoms with Crippen LogP contribution in [0.2, 0.25) is 0 Å². The normalized spacial score (nSPS) is 15.8. The average molecular weight is 380 g/mol. The molecule has 0 bridgehead atoms. The molecular formula is C16H29O8P. The maximum absolute atomic E-state index is 12.8. The monoisotopic (exact) mass is 380 g/mol. The lowest BCUT2D eigenvalue weighted by Gasteiger charge is -2.25. The van der Waals surface area contributed by atoms with Crippen molar-refractivity contribution in [1.29, 1.82) is 0 Å². The van der Waals surface area contributed by atoms with Crippen molar-refractivity contribution in [3.05, 3.63) is 12.7 Å². The smallest absolute Gasteiger partial charge is 0.345 e. The number of aliphatic hydroxyl groups is 1. The summed E-state index contributed by atoms with van der Waals surface area (Å²) in [5.41, 5.74) is -2.53. The Kier molecular flexibility index (Phi) is 9.02. The molecule has 0 heterocycles. The van der Waals surface area contributed by atoms with Gasteiger partial charge in [-0.3, -0.25) is 23.2 Å². The van der Waals surface area contributed by atoms with Crippen LogP contribution in [0.5, 0.6) is 0 Å². The predicted octanol–water partition coefficient (Wildman–Crippen LogP) is 2.85. The van der Waals surface area contributed by atoms with E-state index in [2.05, 4.69) is 6.58 Å². The lowest BCUT2D eigenvalue weighted by Crippen LogP contribution is -2.28. The minimum Gasteiger partial charge on any atom is -0.464 e. The minimum absolute atomic E-state index is 0.315. The zero-order valence-electron chi connectivity index (χ0n) is 15.7. The lowest BCUT2D eigenvalue weighted by molar-refractivity contribution is -0.160. The lowest BCUT2D eigenvalue weighted by atomic mass is 9.97. The van der Waals surface area contributed by atoms with Crippen molar-refractivity contribution in [2.24, 2.45) is 10.8 Å². The van der Waals surface area contributed by atoms with Crippen LogP contribution < -0.4 is 0 Å². The topological polar surface area (TPSA) is 108 Å². The van der Waals surface area contributed by atoms with Crippen molar-refractivity contribution in [2.45, 2.75) is 47.2 Å². The van der Waals surface area contributed by atoms with Gasteiger partial charge < -0.3 is 14.6 Å². The molecule has 0 radical (unpaired) electrons. The van der Waals surface area contributed by atoms with Gasteiger partial charge in [-0.15, -0.1) is 6.58 Å². The third kappa shape index (κ3) is 8.14. The number of hydrogen-bond donors (Lipinski definition) is 1. The summed E-state index contributed by atoms with van der Waals surface area (Å²) in [6, 6.07) is 0. The first-order valence-corrected chi connectivity index (χ1v) is 9.36. The van der Waals surface area contributed by atoms with Crippen LogP contribution in [0.4, 0.5) is 0 Å². The second kappa shape index (κ2) is 9.48. The van der Waals surface area contributed by atoms with Crippen molar-refractivity contribution in [2.75, 3.05) is 20.2 Å². The van der Waals surface area contributed by atoms with E-state index in [1.807, 2.05) is 0 Å². The van der Waals surface area contributed by atoms with Crippen LogP contribution in [0, 0.1) is 10.8 Å².